The maximum Gasteiger partial charge on any atom is 0.263 e. The smallest absolute Gasteiger partial charge is 0.263 e. The molecule has 6 nitrogen and oxygen atoms in total. The third-order valence-corrected chi connectivity index (χ3v) is 4.21. The predicted molar refractivity (Wildman–Crippen MR) is 76.9 cm³/mol. The Bertz CT molecular complexity index is 658. The zero-order valence-electron chi connectivity index (χ0n) is 11.6. The van der Waals surface area contributed by atoms with Gasteiger partial charge in [0.1, 0.15) is 10.6 Å². The zero-order valence-corrected chi connectivity index (χ0v) is 12.4. The summed E-state index contributed by atoms with van der Waals surface area (Å²) in [6.45, 7) is 5.90. The normalized spacial score (nSPS) is 12.2. The number of nitrogens with zero attached hydrogens (tertiary/aromatic N) is 2. The number of thiazole rings is 1. The molecule has 0 unspecified atom stereocenters. The van der Waals surface area contributed by atoms with E-state index in [1.54, 1.807) is 11.3 Å². The molecule has 1 amide bonds. The lowest BCUT2D eigenvalue weighted by molar-refractivity contribution is 0.0933. The van der Waals surface area contributed by atoms with Crippen LogP contribution in [0.3, 0.4) is 0 Å². The molecule has 106 valence electrons. The monoisotopic (exact) mass is 292 g/mol. The minimum Gasteiger partial charge on any atom is -0.343 e. The summed E-state index contributed by atoms with van der Waals surface area (Å²) in [4.78, 5) is 35.4. The molecule has 20 heavy (non-hydrogen) atoms. The van der Waals surface area contributed by atoms with Crippen LogP contribution in [0.25, 0.3) is 0 Å². The number of aromatic nitrogens is 3. The maximum absolute atomic E-state index is 12.1. The molecule has 0 spiro atoms. The first kappa shape index (κ1) is 14.4. The number of rotatable bonds is 4. The van der Waals surface area contributed by atoms with Gasteiger partial charge in [0.15, 0.2) is 0 Å². The Morgan fingerprint density at radius 3 is 2.80 bits per heavy atom. The van der Waals surface area contributed by atoms with Gasteiger partial charge >= 0.3 is 0 Å². The highest BCUT2D eigenvalue weighted by atomic mass is 32.1. The van der Waals surface area contributed by atoms with Gasteiger partial charge in [0.05, 0.1) is 18.1 Å². The van der Waals surface area contributed by atoms with Crippen LogP contribution in [-0.2, 0) is 0 Å². The molecule has 2 aromatic rings. The van der Waals surface area contributed by atoms with Gasteiger partial charge in [-0.05, 0) is 20.3 Å². The van der Waals surface area contributed by atoms with Crippen LogP contribution in [0.15, 0.2) is 17.3 Å². The molecule has 0 aliphatic heterocycles. The summed E-state index contributed by atoms with van der Waals surface area (Å²) in [7, 11) is 0. The van der Waals surface area contributed by atoms with Crippen molar-refractivity contribution in [2.45, 2.75) is 33.2 Å². The first-order chi connectivity index (χ1) is 9.52. The molecule has 1 atom stereocenters. The summed E-state index contributed by atoms with van der Waals surface area (Å²) in [5.41, 5.74) is 0.534. The van der Waals surface area contributed by atoms with Crippen molar-refractivity contribution < 1.29 is 4.79 Å². The van der Waals surface area contributed by atoms with Crippen LogP contribution in [0.4, 0.5) is 0 Å². The van der Waals surface area contributed by atoms with E-state index in [1.165, 1.54) is 12.5 Å². The second kappa shape index (κ2) is 5.96. The number of H-pyrrole nitrogens is 1. The van der Waals surface area contributed by atoms with Crippen LogP contribution in [-0.4, -0.2) is 20.9 Å². The standard InChI is InChI=1S/C13H16N4O2S/c1-4-10(13-16-7(2)8(3)20-13)17-12(19)9-5-14-6-15-11(9)18/h5-6,10H,4H2,1-3H3,(H,17,19)(H,14,15,18)/t10-/m1/s1. The Morgan fingerprint density at radius 2 is 2.25 bits per heavy atom. The van der Waals surface area contributed by atoms with Crippen LogP contribution >= 0.6 is 11.3 Å². The van der Waals surface area contributed by atoms with Crippen molar-refractivity contribution in [2.24, 2.45) is 0 Å². The molecule has 2 heterocycles. The average molecular weight is 292 g/mol. The van der Waals surface area contributed by atoms with E-state index in [9.17, 15) is 9.59 Å². The van der Waals surface area contributed by atoms with Crippen LogP contribution in [0.5, 0.6) is 0 Å². The van der Waals surface area contributed by atoms with E-state index in [-0.39, 0.29) is 11.6 Å². The summed E-state index contributed by atoms with van der Waals surface area (Å²) < 4.78 is 0. The van der Waals surface area contributed by atoms with Gasteiger partial charge in [-0.25, -0.2) is 9.97 Å². The molecule has 2 N–H and O–H groups in total. The van der Waals surface area contributed by atoms with E-state index in [4.69, 9.17) is 0 Å². The molecule has 0 saturated heterocycles. The Kier molecular flexibility index (Phi) is 4.29. The summed E-state index contributed by atoms with van der Waals surface area (Å²) in [5.74, 6) is -0.434. The SMILES string of the molecule is CC[C@@H](NC(=O)c1cnc[nH]c1=O)c1nc(C)c(C)s1. The van der Waals surface area contributed by atoms with E-state index < -0.39 is 11.5 Å². The van der Waals surface area contributed by atoms with E-state index in [0.29, 0.717) is 6.42 Å². The third-order valence-electron chi connectivity index (χ3n) is 3.02. The van der Waals surface area contributed by atoms with Crippen molar-refractivity contribution in [1.29, 1.82) is 0 Å². The van der Waals surface area contributed by atoms with Gasteiger partial charge in [-0.3, -0.25) is 9.59 Å². The zero-order chi connectivity index (χ0) is 14.7. The molecule has 0 fully saturated rings. The minimum atomic E-state index is -0.446. The minimum absolute atomic E-state index is 0.0101. The second-order valence-corrected chi connectivity index (χ2v) is 5.66. The average Bonchev–Trinajstić information content (AvgIpc) is 2.76. The number of hydrogen-bond acceptors (Lipinski definition) is 5. The fraction of sp³-hybridized carbons (Fsp3) is 0.385. The topological polar surface area (TPSA) is 87.7 Å². The van der Waals surface area contributed by atoms with Crippen LogP contribution < -0.4 is 10.9 Å². The molecule has 2 rings (SSSR count). The number of nitrogens with one attached hydrogen (secondary N) is 2. The first-order valence-electron chi connectivity index (χ1n) is 6.30. The van der Waals surface area contributed by atoms with Gasteiger partial charge in [0.2, 0.25) is 0 Å². The molecule has 0 saturated carbocycles. The largest absolute Gasteiger partial charge is 0.343 e. The maximum atomic E-state index is 12.1. The lowest BCUT2D eigenvalue weighted by Gasteiger charge is -2.13. The molecular formula is C13H16N4O2S. The number of amides is 1. The van der Waals surface area contributed by atoms with E-state index in [0.717, 1.165) is 15.6 Å². The fourth-order valence-corrected chi connectivity index (χ4v) is 2.78. The summed E-state index contributed by atoms with van der Waals surface area (Å²) in [6.07, 6.45) is 3.22. The van der Waals surface area contributed by atoms with Crippen molar-refractivity contribution in [3.05, 3.63) is 44.0 Å². The van der Waals surface area contributed by atoms with Crippen molar-refractivity contribution in [2.75, 3.05) is 0 Å². The van der Waals surface area contributed by atoms with Crippen molar-refractivity contribution in [1.82, 2.24) is 20.3 Å². The molecule has 0 aliphatic carbocycles. The number of carbonyl (C=O) groups excluding carboxylic acids is 1. The molecule has 0 bridgehead atoms. The fourth-order valence-electron chi connectivity index (χ4n) is 1.73. The molecular weight excluding hydrogens is 276 g/mol. The highest BCUT2D eigenvalue weighted by Crippen LogP contribution is 2.24. The van der Waals surface area contributed by atoms with E-state index in [1.807, 2.05) is 20.8 Å². The van der Waals surface area contributed by atoms with Gasteiger partial charge in [-0.15, -0.1) is 11.3 Å². The van der Waals surface area contributed by atoms with Gasteiger partial charge in [0.25, 0.3) is 11.5 Å². The molecule has 0 radical (unpaired) electrons. The van der Waals surface area contributed by atoms with Gasteiger partial charge in [-0.2, -0.15) is 0 Å². The Hall–Kier alpha value is -2.02. The second-order valence-electron chi connectivity index (χ2n) is 4.42. The molecule has 0 aromatic carbocycles. The Labute approximate surface area is 120 Å². The van der Waals surface area contributed by atoms with Crippen LogP contribution in [0, 0.1) is 13.8 Å². The lowest BCUT2D eigenvalue weighted by atomic mass is 10.2. The summed E-state index contributed by atoms with van der Waals surface area (Å²) >= 11 is 1.56. The number of aryl methyl sites for hydroxylation is 2. The quantitative estimate of drug-likeness (QED) is 0.898. The first-order valence-corrected chi connectivity index (χ1v) is 7.12. The van der Waals surface area contributed by atoms with Crippen LogP contribution in [0.2, 0.25) is 0 Å². The van der Waals surface area contributed by atoms with Gasteiger partial charge in [-0.1, -0.05) is 6.92 Å². The summed E-state index contributed by atoms with van der Waals surface area (Å²) in [5, 5.41) is 3.69. The van der Waals surface area contributed by atoms with Crippen molar-refractivity contribution in [3.8, 4) is 0 Å². The van der Waals surface area contributed by atoms with Crippen molar-refractivity contribution >= 4 is 17.2 Å². The Morgan fingerprint density at radius 1 is 1.50 bits per heavy atom. The van der Waals surface area contributed by atoms with E-state index in [2.05, 4.69) is 20.3 Å². The van der Waals surface area contributed by atoms with Crippen molar-refractivity contribution in [3.63, 3.8) is 0 Å². The molecule has 2 aromatic heterocycles. The molecule has 7 heteroatoms. The number of hydrogen-bond donors (Lipinski definition) is 2. The lowest BCUT2D eigenvalue weighted by Crippen LogP contribution is -2.32. The molecule has 0 aliphatic rings. The van der Waals surface area contributed by atoms with Crippen LogP contribution in [0.1, 0.15) is 45.3 Å². The highest BCUT2D eigenvalue weighted by Gasteiger charge is 2.19. The number of carbonyl (C=O) groups is 1. The summed E-state index contributed by atoms with van der Waals surface area (Å²) in [6, 6.07) is -0.195. The van der Waals surface area contributed by atoms with E-state index >= 15 is 0 Å². The van der Waals surface area contributed by atoms with Gasteiger partial charge < -0.3 is 10.3 Å². The number of aromatic amines is 1. The highest BCUT2D eigenvalue weighted by molar-refractivity contribution is 7.11. The predicted octanol–water partition coefficient (Wildman–Crippen LogP) is 1.72. The Balaban J connectivity index is 2.21. The van der Waals surface area contributed by atoms with Gasteiger partial charge in [0, 0.05) is 11.1 Å². The third kappa shape index (κ3) is 2.93.